The van der Waals surface area contributed by atoms with Gasteiger partial charge in [0.05, 0.1) is 7.11 Å². The molecule has 0 bridgehead atoms. The number of esters is 1. The van der Waals surface area contributed by atoms with Crippen molar-refractivity contribution in [2.45, 2.75) is 39.0 Å². The maximum atomic E-state index is 11.1. The molecule has 0 spiro atoms. The summed E-state index contributed by atoms with van der Waals surface area (Å²) in [7, 11) is 1.43. The number of H-pyrrole nitrogens is 1. The summed E-state index contributed by atoms with van der Waals surface area (Å²) >= 11 is 0. The summed E-state index contributed by atoms with van der Waals surface area (Å²) in [4.78, 5) is 19.0. The Morgan fingerprint density at radius 2 is 2.04 bits per heavy atom. The van der Waals surface area contributed by atoms with E-state index in [4.69, 9.17) is 0 Å². The number of aliphatic imine (C=N–C) groups is 1. The second-order valence-electron chi connectivity index (χ2n) is 6.18. The normalized spacial score (nSPS) is 11.5. The Hall–Kier alpha value is -2.50. The molecular formula is C20H30N4O2. The summed E-state index contributed by atoms with van der Waals surface area (Å²) in [6.45, 7) is 4.48. The first kappa shape index (κ1) is 19.8. The average Bonchev–Trinajstić information content (AvgIpc) is 3.07. The molecule has 0 aliphatic heterocycles. The Labute approximate surface area is 155 Å². The van der Waals surface area contributed by atoms with Gasteiger partial charge in [-0.1, -0.05) is 24.6 Å². The number of benzene rings is 1. The number of nitrogens with zero attached hydrogens (tertiary/aromatic N) is 1. The van der Waals surface area contributed by atoms with E-state index in [9.17, 15) is 4.79 Å². The van der Waals surface area contributed by atoms with Crippen LogP contribution < -0.4 is 10.6 Å². The summed E-state index contributed by atoms with van der Waals surface area (Å²) in [5.41, 5.74) is 2.49. The number of para-hydroxylation sites is 1. The fraction of sp³-hybridized carbons (Fsp3) is 0.500. The number of ether oxygens (including phenoxy) is 1. The molecule has 142 valence electrons. The molecule has 6 nitrogen and oxygen atoms in total. The van der Waals surface area contributed by atoms with E-state index in [1.807, 2.05) is 6.07 Å². The van der Waals surface area contributed by atoms with Gasteiger partial charge in [-0.25, -0.2) is 0 Å². The highest BCUT2D eigenvalue weighted by Gasteiger charge is 2.03. The maximum absolute atomic E-state index is 11.1. The van der Waals surface area contributed by atoms with Gasteiger partial charge >= 0.3 is 5.97 Å². The van der Waals surface area contributed by atoms with Gasteiger partial charge in [0.1, 0.15) is 0 Å². The number of hydrogen-bond acceptors (Lipinski definition) is 3. The summed E-state index contributed by atoms with van der Waals surface area (Å²) in [6, 6.07) is 8.35. The van der Waals surface area contributed by atoms with Crippen LogP contribution in [0, 0.1) is 0 Å². The van der Waals surface area contributed by atoms with Crippen molar-refractivity contribution in [3.8, 4) is 0 Å². The molecule has 0 radical (unpaired) electrons. The van der Waals surface area contributed by atoms with Crippen molar-refractivity contribution in [3.05, 3.63) is 36.0 Å². The second-order valence-corrected chi connectivity index (χ2v) is 6.18. The molecule has 0 aliphatic carbocycles. The highest BCUT2D eigenvalue weighted by Crippen LogP contribution is 2.17. The molecular weight excluding hydrogens is 328 g/mol. The number of unbranched alkanes of at least 4 members (excludes halogenated alkanes) is 2. The summed E-state index contributed by atoms with van der Waals surface area (Å²) < 4.78 is 4.64. The zero-order valence-corrected chi connectivity index (χ0v) is 15.8. The molecule has 3 N–H and O–H groups in total. The predicted octanol–water partition coefficient (Wildman–Crippen LogP) is 3.00. The first-order valence-electron chi connectivity index (χ1n) is 9.38. The lowest BCUT2D eigenvalue weighted by atomic mass is 10.1. The number of guanidine groups is 1. The van der Waals surface area contributed by atoms with Crippen LogP contribution in [-0.2, 0) is 16.0 Å². The quantitative estimate of drug-likeness (QED) is 0.264. The smallest absolute Gasteiger partial charge is 0.305 e. The number of aromatic amines is 1. The number of rotatable bonds is 10. The van der Waals surface area contributed by atoms with Gasteiger partial charge in [0, 0.05) is 43.2 Å². The number of hydrogen-bond donors (Lipinski definition) is 3. The Bertz CT molecular complexity index is 709. The fourth-order valence-electron chi connectivity index (χ4n) is 2.85. The van der Waals surface area contributed by atoms with Crippen LogP contribution in [0.2, 0.25) is 0 Å². The van der Waals surface area contributed by atoms with E-state index >= 15 is 0 Å². The van der Waals surface area contributed by atoms with Crippen molar-refractivity contribution >= 4 is 22.8 Å². The van der Waals surface area contributed by atoms with Crippen LogP contribution in [-0.4, -0.2) is 43.7 Å². The Balaban J connectivity index is 1.72. The van der Waals surface area contributed by atoms with Gasteiger partial charge < -0.3 is 20.4 Å². The minimum Gasteiger partial charge on any atom is -0.469 e. The van der Waals surface area contributed by atoms with Crippen molar-refractivity contribution in [1.82, 2.24) is 15.6 Å². The van der Waals surface area contributed by atoms with Crippen molar-refractivity contribution in [3.63, 3.8) is 0 Å². The van der Waals surface area contributed by atoms with Gasteiger partial charge in [-0.05, 0) is 37.8 Å². The highest BCUT2D eigenvalue weighted by molar-refractivity contribution is 5.83. The fourth-order valence-corrected chi connectivity index (χ4v) is 2.85. The monoisotopic (exact) mass is 358 g/mol. The van der Waals surface area contributed by atoms with Gasteiger partial charge in [-0.2, -0.15) is 0 Å². The largest absolute Gasteiger partial charge is 0.469 e. The Morgan fingerprint density at radius 1 is 1.19 bits per heavy atom. The van der Waals surface area contributed by atoms with E-state index in [1.165, 1.54) is 23.6 Å². The van der Waals surface area contributed by atoms with Gasteiger partial charge in [0.25, 0.3) is 0 Å². The van der Waals surface area contributed by atoms with Gasteiger partial charge in [0.15, 0.2) is 5.96 Å². The first-order valence-corrected chi connectivity index (χ1v) is 9.38. The van der Waals surface area contributed by atoms with Crippen molar-refractivity contribution in [2.24, 2.45) is 4.99 Å². The molecule has 0 amide bonds. The number of nitrogens with one attached hydrogen (secondary N) is 3. The molecule has 0 unspecified atom stereocenters. The molecule has 6 heteroatoms. The molecule has 0 saturated heterocycles. The van der Waals surface area contributed by atoms with Crippen LogP contribution in [0.3, 0.4) is 0 Å². The number of fused-ring (bicyclic) bond motifs is 1. The summed E-state index contributed by atoms with van der Waals surface area (Å²) in [6.07, 6.45) is 6.31. The zero-order chi connectivity index (χ0) is 18.6. The maximum Gasteiger partial charge on any atom is 0.305 e. The van der Waals surface area contributed by atoms with E-state index in [0.29, 0.717) is 6.42 Å². The number of aromatic nitrogens is 1. The highest BCUT2D eigenvalue weighted by atomic mass is 16.5. The Kier molecular flexibility index (Phi) is 8.52. The number of carbonyl (C=O) groups is 1. The van der Waals surface area contributed by atoms with Crippen molar-refractivity contribution in [2.75, 3.05) is 26.7 Å². The van der Waals surface area contributed by atoms with E-state index < -0.39 is 0 Å². The van der Waals surface area contributed by atoms with Gasteiger partial charge in [0.2, 0.25) is 0 Å². The molecule has 0 atom stereocenters. The van der Waals surface area contributed by atoms with E-state index in [1.54, 1.807) is 0 Å². The summed E-state index contributed by atoms with van der Waals surface area (Å²) in [5, 5.41) is 7.95. The molecule has 1 aromatic heterocycles. The second kappa shape index (κ2) is 11.2. The van der Waals surface area contributed by atoms with Gasteiger partial charge in [-0.15, -0.1) is 0 Å². The standard InChI is InChI=1S/C20H30N4O2/c1-3-21-20(22-13-8-4-5-11-19(25)26-2)23-14-12-16-15-24-18-10-7-6-9-17(16)18/h6-7,9-10,15,24H,3-5,8,11-14H2,1-2H3,(H2,21,22,23). The first-order chi connectivity index (χ1) is 12.7. The lowest BCUT2D eigenvalue weighted by Gasteiger charge is -2.11. The van der Waals surface area contributed by atoms with Crippen LogP contribution in [0.25, 0.3) is 10.9 Å². The molecule has 2 rings (SSSR count). The van der Waals surface area contributed by atoms with Crippen LogP contribution in [0.4, 0.5) is 0 Å². The van der Waals surface area contributed by atoms with Crippen molar-refractivity contribution < 1.29 is 9.53 Å². The minimum absolute atomic E-state index is 0.138. The molecule has 0 aliphatic rings. The third-order valence-electron chi connectivity index (χ3n) is 4.24. The van der Waals surface area contributed by atoms with E-state index in [0.717, 1.165) is 51.3 Å². The van der Waals surface area contributed by atoms with Crippen LogP contribution in [0.15, 0.2) is 35.5 Å². The lowest BCUT2D eigenvalue weighted by Crippen LogP contribution is -2.38. The SMILES string of the molecule is CCNC(=NCCCCCC(=O)OC)NCCc1c[nH]c2ccccc12. The Morgan fingerprint density at radius 3 is 2.85 bits per heavy atom. The minimum atomic E-state index is -0.138. The molecule has 1 heterocycles. The molecule has 2 aromatic rings. The van der Waals surface area contributed by atoms with Gasteiger partial charge in [-0.3, -0.25) is 9.79 Å². The molecule has 0 fully saturated rings. The third-order valence-corrected chi connectivity index (χ3v) is 4.24. The van der Waals surface area contributed by atoms with E-state index in [-0.39, 0.29) is 5.97 Å². The number of methoxy groups -OCH3 is 1. The van der Waals surface area contributed by atoms with Crippen molar-refractivity contribution in [1.29, 1.82) is 0 Å². The zero-order valence-electron chi connectivity index (χ0n) is 15.8. The molecule has 26 heavy (non-hydrogen) atoms. The van der Waals surface area contributed by atoms with Crippen LogP contribution in [0.1, 0.15) is 38.2 Å². The molecule has 1 aromatic carbocycles. The van der Waals surface area contributed by atoms with E-state index in [2.05, 4.69) is 56.7 Å². The van der Waals surface area contributed by atoms with Crippen LogP contribution >= 0.6 is 0 Å². The lowest BCUT2D eigenvalue weighted by molar-refractivity contribution is -0.140. The van der Waals surface area contributed by atoms with Crippen LogP contribution in [0.5, 0.6) is 0 Å². The molecule has 0 saturated carbocycles. The topological polar surface area (TPSA) is 78.5 Å². The number of carbonyl (C=O) groups excluding carboxylic acids is 1. The third kappa shape index (κ3) is 6.43. The average molecular weight is 358 g/mol. The predicted molar refractivity (Wildman–Crippen MR) is 106 cm³/mol. The summed E-state index contributed by atoms with van der Waals surface area (Å²) in [5.74, 6) is 0.709.